The second-order valence-electron chi connectivity index (χ2n) is 4.94. The third-order valence-corrected chi connectivity index (χ3v) is 3.49. The highest BCUT2D eigenvalue weighted by Crippen LogP contribution is 2.19. The summed E-state index contributed by atoms with van der Waals surface area (Å²) < 4.78 is 4.83. The van der Waals surface area contributed by atoms with Crippen LogP contribution in [0.1, 0.15) is 15.9 Å². The Morgan fingerprint density at radius 1 is 1.27 bits per heavy atom. The van der Waals surface area contributed by atoms with Gasteiger partial charge in [-0.1, -0.05) is 18.2 Å². The van der Waals surface area contributed by atoms with Gasteiger partial charge in [0.1, 0.15) is 12.3 Å². The summed E-state index contributed by atoms with van der Waals surface area (Å²) in [7, 11) is 0. The fraction of sp³-hybridized carbons (Fsp3) is 0.125. The zero-order valence-electron chi connectivity index (χ0n) is 11.6. The number of benzene rings is 1. The molecule has 2 aromatic heterocycles. The Hall–Kier alpha value is -3.02. The number of para-hydroxylation sites is 1. The predicted molar refractivity (Wildman–Crippen MR) is 79.6 cm³/mol. The van der Waals surface area contributed by atoms with Crippen LogP contribution >= 0.6 is 0 Å². The second-order valence-corrected chi connectivity index (χ2v) is 4.94. The van der Waals surface area contributed by atoms with Gasteiger partial charge >= 0.3 is 5.97 Å². The SMILES string of the molecule is O=C(NC(Cc1c[nH]c2ccccc12)C(=O)O)c1ccoc1. The van der Waals surface area contributed by atoms with E-state index in [-0.39, 0.29) is 6.42 Å². The average Bonchev–Trinajstić information content (AvgIpc) is 3.16. The Morgan fingerprint density at radius 2 is 2.09 bits per heavy atom. The highest BCUT2D eigenvalue weighted by molar-refractivity contribution is 5.96. The number of amides is 1. The first-order valence-electron chi connectivity index (χ1n) is 6.76. The maximum Gasteiger partial charge on any atom is 0.326 e. The van der Waals surface area contributed by atoms with Crippen molar-refractivity contribution >= 4 is 22.8 Å². The number of hydrogen-bond donors (Lipinski definition) is 3. The van der Waals surface area contributed by atoms with Crippen molar-refractivity contribution in [3.63, 3.8) is 0 Å². The molecule has 6 nitrogen and oxygen atoms in total. The summed E-state index contributed by atoms with van der Waals surface area (Å²) in [5.41, 5.74) is 2.07. The largest absolute Gasteiger partial charge is 0.480 e. The van der Waals surface area contributed by atoms with Crippen molar-refractivity contribution in [1.29, 1.82) is 0 Å². The third kappa shape index (κ3) is 2.71. The molecule has 1 amide bonds. The molecule has 1 atom stereocenters. The number of aliphatic carboxylic acids is 1. The van der Waals surface area contributed by atoms with Gasteiger partial charge in [-0.15, -0.1) is 0 Å². The summed E-state index contributed by atoms with van der Waals surface area (Å²) in [5.74, 6) is -1.55. The zero-order valence-corrected chi connectivity index (χ0v) is 11.6. The van der Waals surface area contributed by atoms with Crippen LogP contribution < -0.4 is 5.32 Å². The number of carboxylic acids is 1. The van der Waals surface area contributed by atoms with Crippen LogP contribution in [0.5, 0.6) is 0 Å². The molecule has 22 heavy (non-hydrogen) atoms. The van der Waals surface area contributed by atoms with Gasteiger partial charge in [-0.05, 0) is 17.7 Å². The highest BCUT2D eigenvalue weighted by Gasteiger charge is 2.22. The van der Waals surface area contributed by atoms with E-state index in [9.17, 15) is 14.7 Å². The van der Waals surface area contributed by atoms with E-state index in [0.717, 1.165) is 16.5 Å². The van der Waals surface area contributed by atoms with E-state index in [1.54, 1.807) is 6.20 Å². The molecular formula is C16H14N2O4. The van der Waals surface area contributed by atoms with E-state index in [0.29, 0.717) is 5.56 Å². The molecule has 1 unspecified atom stereocenters. The van der Waals surface area contributed by atoms with Gasteiger partial charge in [-0.3, -0.25) is 4.79 Å². The van der Waals surface area contributed by atoms with Crippen LogP contribution in [-0.4, -0.2) is 28.0 Å². The van der Waals surface area contributed by atoms with Gasteiger partial charge in [0, 0.05) is 23.5 Å². The number of aromatic amines is 1. The number of rotatable bonds is 5. The summed E-state index contributed by atoms with van der Waals surface area (Å²) >= 11 is 0. The second kappa shape index (κ2) is 5.77. The van der Waals surface area contributed by atoms with Gasteiger partial charge in [0.15, 0.2) is 0 Å². The van der Waals surface area contributed by atoms with E-state index < -0.39 is 17.9 Å². The number of carbonyl (C=O) groups is 2. The first kappa shape index (κ1) is 13.9. The molecule has 0 radical (unpaired) electrons. The van der Waals surface area contributed by atoms with Crippen LogP contribution in [0.25, 0.3) is 10.9 Å². The average molecular weight is 298 g/mol. The Morgan fingerprint density at radius 3 is 2.82 bits per heavy atom. The lowest BCUT2D eigenvalue weighted by Crippen LogP contribution is -2.42. The predicted octanol–water partition coefficient (Wildman–Crippen LogP) is 2.19. The molecule has 0 saturated carbocycles. The Balaban J connectivity index is 1.80. The molecule has 6 heteroatoms. The maximum absolute atomic E-state index is 12.0. The van der Waals surface area contributed by atoms with E-state index in [4.69, 9.17) is 4.42 Å². The molecule has 0 aliphatic rings. The van der Waals surface area contributed by atoms with Crippen LogP contribution in [0, 0.1) is 0 Å². The van der Waals surface area contributed by atoms with Crippen molar-refractivity contribution in [2.75, 3.05) is 0 Å². The lowest BCUT2D eigenvalue weighted by molar-refractivity contribution is -0.139. The molecular weight excluding hydrogens is 284 g/mol. The monoisotopic (exact) mass is 298 g/mol. The van der Waals surface area contributed by atoms with Crippen LogP contribution in [-0.2, 0) is 11.2 Å². The summed E-state index contributed by atoms with van der Waals surface area (Å²) in [6.07, 6.45) is 4.61. The van der Waals surface area contributed by atoms with E-state index >= 15 is 0 Å². The smallest absolute Gasteiger partial charge is 0.326 e. The van der Waals surface area contributed by atoms with Crippen LogP contribution in [0.3, 0.4) is 0 Å². The maximum atomic E-state index is 12.0. The Bertz CT molecular complexity index is 805. The molecule has 0 bridgehead atoms. The minimum Gasteiger partial charge on any atom is -0.480 e. The summed E-state index contributed by atoms with van der Waals surface area (Å²) in [6, 6.07) is 8.09. The van der Waals surface area contributed by atoms with E-state index in [2.05, 4.69) is 10.3 Å². The zero-order chi connectivity index (χ0) is 15.5. The quantitative estimate of drug-likeness (QED) is 0.673. The third-order valence-electron chi connectivity index (χ3n) is 3.49. The van der Waals surface area contributed by atoms with Crippen molar-refractivity contribution in [3.8, 4) is 0 Å². The summed E-state index contributed by atoms with van der Waals surface area (Å²) in [6.45, 7) is 0. The molecule has 0 aliphatic heterocycles. The molecule has 3 aromatic rings. The van der Waals surface area contributed by atoms with Crippen molar-refractivity contribution in [2.24, 2.45) is 0 Å². The van der Waals surface area contributed by atoms with Gasteiger partial charge in [0.05, 0.1) is 11.8 Å². The highest BCUT2D eigenvalue weighted by atomic mass is 16.4. The molecule has 0 aliphatic carbocycles. The van der Waals surface area contributed by atoms with Gasteiger partial charge in [-0.2, -0.15) is 0 Å². The number of carbonyl (C=O) groups excluding carboxylic acids is 1. The van der Waals surface area contributed by atoms with Crippen molar-refractivity contribution < 1.29 is 19.1 Å². The number of aromatic nitrogens is 1. The number of carboxylic acid groups (broad SMARTS) is 1. The number of furan rings is 1. The van der Waals surface area contributed by atoms with Gasteiger partial charge in [-0.25, -0.2) is 4.79 Å². The minimum atomic E-state index is -1.08. The summed E-state index contributed by atoms with van der Waals surface area (Å²) in [5, 5.41) is 12.8. The van der Waals surface area contributed by atoms with Gasteiger partial charge in [0.25, 0.3) is 5.91 Å². The molecule has 112 valence electrons. The van der Waals surface area contributed by atoms with Crippen LogP contribution in [0.4, 0.5) is 0 Å². The molecule has 0 spiro atoms. The lowest BCUT2D eigenvalue weighted by atomic mass is 10.0. The molecule has 0 fully saturated rings. The summed E-state index contributed by atoms with van der Waals surface area (Å²) in [4.78, 5) is 26.5. The first-order chi connectivity index (χ1) is 10.6. The number of hydrogen-bond acceptors (Lipinski definition) is 3. The first-order valence-corrected chi connectivity index (χ1v) is 6.76. The van der Waals surface area contributed by atoms with Crippen molar-refractivity contribution in [1.82, 2.24) is 10.3 Å². The molecule has 0 saturated heterocycles. The van der Waals surface area contributed by atoms with Crippen molar-refractivity contribution in [2.45, 2.75) is 12.5 Å². The van der Waals surface area contributed by atoms with E-state index in [1.807, 2.05) is 24.3 Å². The Labute approximate surface area is 125 Å². The lowest BCUT2D eigenvalue weighted by Gasteiger charge is -2.13. The standard InChI is InChI=1S/C16H14N2O4/c19-15(10-5-6-22-9-10)18-14(16(20)21)7-11-8-17-13-4-2-1-3-12(11)13/h1-6,8-9,14,17H,7H2,(H,18,19)(H,20,21). The number of H-pyrrole nitrogens is 1. The molecule has 2 heterocycles. The van der Waals surface area contributed by atoms with Gasteiger partial charge in [0.2, 0.25) is 0 Å². The van der Waals surface area contributed by atoms with Crippen LogP contribution in [0.2, 0.25) is 0 Å². The van der Waals surface area contributed by atoms with E-state index in [1.165, 1.54) is 18.6 Å². The number of fused-ring (bicyclic) bond motifs is 1. The molecule has 3 rings (SSSR count). The topological polar surface area (TPSA) is 95.3 Å². The van der Waals surface area contributed by atoms with Crippen LogP contribution in [0.15, 0.2) is 53.5 Å². The van der Waals surface area contributed by atoms with Crippen molar-refractivity contribution in [3.05, 3.63) is 60.2 Å². The fourth-order valence-corrected chi connectivity index (χ4v) is 2.36. The van der Waals surface area contributed by atoms with Gasteiger partial charge < -0.3 is 19.8 Å². The molecule has 3 N–H and O–H groups in total. The number of nitrogens with one attached hydrogen (secondary N) is 2. The fourth-order valence-electron chi connectivity index (χ4n) is 2.36. The molecule has 1 aromatic carbocycles. The minimum absolute atomic E-state index is 0.197. The normalized spacial score (nSPS) is 12.2. The Kier molecular flexibility index (Phi) is 3.65.